The molecule has 0 aromatic heterocycles. The van der Waals surface area contributed by atoms with Gasteiger partial charge in [0.1, 0.15) is 12.2 Å². The van der Waals surface area contributed by atoms with E-state index in [0.717, 1.165) is 0 Å². The summed E-state index contributed by atoms with van der Waals surface area (Å²) < 4.78 is 16.7. The van der Waals surface area contributed by atoms with Gasteiger partial charge in [0.05, 0.1) is 7.11 Å². The van der Waals surface area contributed by atoms with Gasteiger partial charge in [0.15, 0.2) is 0 Å². The molecule has 0 aliphatic heterocycles. The first-order valence-corrected chi connectivity index (χ1v) is 3.74. The highest BCUT2D eigenvalue weighted by atomic mass is 19.1. The number of esters is 1. The molecule has 5 heteroatoms. The van der Waals surface area contributed by atoms with Crippen LogP contribution in [-0.2, 0) is 9.53 Å². The van der Waals surface area contributed by atoms with E-state index in [1.807, 2.05) is 0 Å². The molecule has 0 unspecified atom stereocenters. The summed E-state index contributed by atoms with van der Waals surface area (Å²) >= 11 is 0. The molecule has 0 rings (SSSR count). The maximum atomic E-state index is 12.3. The van der Waals surface area contributed by atoms with Crippen LogP contribution < -0.4 is 11.5 Å². The zero-order valence-electron chi connectivity index (χ0n) is 7.18. The minimum Gasteiger partial charge on any atom is -0.468 e. The molecule has 0 aliphatic carbocycles. The van der Waals surface area contributed by atoms with Gasteiger partial charge in [0, 0.05) is 0 Å². The molecule has 0 saturated heterocycles. The van der Waals surface area contributed by atoms with Crippen molar-refractivity contribution in [2.24, 2.45) is 11.5 Å². The number of hydrogen-bond donors (Lipinski definition) is 2. The van der Waals surface area contributed by atoms with E-state index in [4.69, 9.17) is 11.5 Å². The minimum absolute atomic E-state index is 0.215. The summed E-state index contributed by atoms with van der Waals surface area (Å²) in [5.41, 5.74) is 9.13. The van der Waals surface area contributed by atoms with Gasteiger partial charge in [0.25, 0.3) is 0 Å². The fourth-order valence-electron chi connectivity index (χ4n) is 0.844. The molecule has 72 valence electrons. The summed E-state index contributed by atoms with van der Waals surface area (Å²) in [6.45, 7) is -0.532. The van der Waals surface area contributed by atoms with Gasteiger partial charge in [-0.1, -0.05) is 0 Å². The molecular formula is C7H15FN2O2. The third-order valence-corrected chi connectivity index (χ3v) is 1.66. The number of ether oxygens (including phenoxy) is 1. The van der Waals surface area contributed by atoms with Crippen LogP contribution in [0.2, 0.25) is 0 Å². The maximum Gasteiger partial charge on any atom is 0.328 e. The Kier molecular flexibility index (Phi) is 4.77. The Morgan fingerprint density at radius 1 is 1.67 bits per heavy atom. The molecule has 0 aromatic rings. The number of methoxy groups -OCH3 is 1. The lowest BCUT2D eigenvalue weighted by Gasteiger charge is -2.22. The van der Waals surface area contributed by atoms with Gasteiger partial charge in [0.2, 0.25) is 0 Å². The van der Waals surface area contributed by atoms with E-state index >= 15 is 0 Å². The van der Waals surface area contributed by atoms with Gasteiger partial charge in [-0.05, 0) is 19.4 Å². The third-order valence-electron chi connectivity index (χ3n) is 1.66. The molecule has 0 aliphatic rings. The lowest BCUT2D eigenvalue weighted by atomic mass is 9.96. The van der Waals surface area contributed by atoms with E-state index in [-0.39, 0.29) is 6.42 Å². The molecule has 4 nitrogen and oxygen atoms in total. The van der Waals surface area contributed by atoms with E-state index < -0.39 is 18.2 Å². The monoisotopic (exact) mass is 178 g/mol. The fraction of sp³-hybridized carbons (Fsp3) is 0.857. The number of rotatable bonds is 5. The van der Waals surface area contributed by atoms with Crippen LogP contribution in [0.5, 0.6) is 0 Å². The highest BCUT2D eigenvalue weighted by molar-refractivity contribution is 5.80. The van der Waals surface area contributed by atoms with Crippen LogP contribution in [0.15, 0.2) is 0 Å². The topological polar surface area (TPSA) is 78.3 Å². The summed E-state index contributed by atoms with van der Waals surface area (Å²) in [6.07, 6.45) is 0.724. The highest BCUT2D eigenvalue weighted by Gasteiger charge is 2.34. The van der Waals surface area contributed by atoms with E-state index in [2.05, 4.69) is 4.74 Å². The van der Waals surface area contributed by atoms with Crippen molar-refractivity contribution in [3.8, 4) is 0 Å². The molecule has 1 atom stereocenters. The fourth-order valence-corrected chi connectivity index (χ4v) is 0.844. The van der Waals surface area contributed by atoms with Crippen molar-refractivity contribution in [3.05, 3.63) is 0 Å². The lowest BCUT2D eigenvalue weighted by Crippen LogP contribution is -2.51. The van der Waals surface area contributed by atoms with Gasteiger partial charge < -0.3 is 16.2 Å². The van der Waals surface area contributed by atoms with E-state index in [1.54, 1.807) is 0 Å². The van der Waals surface area contributed by atoms with Crippen molar-refractivity contribution in [2.45, 2.75) is 18.4 Å². The van der Waals surface area contributed by atoms with Crippen LogP contribution in [-0.4, -0.2) is 31.8 Å². The van der Waals surface area contributed by atoms with E-state index in [0.29, 0.717) is 13.0 Å². The maximum absolute atomic E-state index is 12.3. The SMILES string of the molecule is COC(=O)[C@](N)(CF)CCCN. The van der Waals surface area contributed by atoms with Crippen LogP contribution in [0.1, 0.15) is 12.8 Å². The molecule has 4 N–H and O–H groups in total. The van der Waals surface area contributed by atoms with Crippen LogP contribution >= 0.6 is 0 Å². The van der Waals surface area contributed by atoms with Crippen LogP contribution in [0.25, 0.3) is 0 Å². The predicted octanol–water partition coefficient (Wildman–Crippen LogP) is -0.435. The molecule has 0 saturated carbocycles. The van der Waals surface area contributed by atoms with Crippen molar-refractivity contribution in [2.75, 3.05) is 20.3 Å². The predicted molar refractivity (Wildman–Crippen MR) is 43.2 cm³/mol. The first kappa shape index (κ1) is 11.3. The first-order chi connectivity index (χ1) is 5.60. The van der Waals surface area contributed by atoms with Crippen LogP contribution in [0, 0.1) is 0 Å². The quantitative estimate of drug-likeness (QED) is 0.560. The highest BCUT2D eigenvalue weighted by Crippen LogP contribution is 2.11. The molecule has 0 fully saturated rings. The van der Waals surface area contributed by atoms with Crippen molar-refractivity contribution in [1.82, 2.24) is 0 Å². The molecular weight excluding hydrogens is 163 g/mol. The summed E-state index contributed by atoms with van der Waals surface area (Å²) in [4.78, 5) is 10.9. The first-order valence-electron chi connectivity index (χ1n) is 3.74. The van der Waals surface area contributed by atoms with Gasteiger partial charge >= 0.3 is 5.97 Å². The van der Waals surface area contributed by atoms with Gasteiger partial charge in [-0.2, -0.15) is 0 Å². The van der Waals surface area contributed by atoms with Crippen LogP contribution in [0.3, 0.4) is 0 Å². The number of hydrogen-bond acceptors (Lipinski definition) is 4. The van der Waals surface area contributed by atoms with Crippen molar-refractivity contribution in [1.29, 1.82) is 0 Å². The molecule has 0 spiro atoms. The minimum atomic E-state index is -1.51. The molecule has 0 radical (unpaired) electrons. The lowest BCUT2D eigenvalue weighted by molar-refractivity contribution is -0.148. The molecule has 0 amide bonds. The Bertz CT molecular complexity index is 154. The summed E-state index contributed by atoms with van der Waals surface area (Å²) in [6, 6.07) is 0. The smallest absolute Gasteiger partial charge is 0.328 e. The van der Waals surface area contributed by atoms with Gasteiger partial charge in [-0.25, -0.2) is 9.18 Å². The number of alkyl halides is 1. The summed E-state index contributed by atoms with van der Waals surface area (Å²) in [5.74, 6) is -0.724. The second-order valence-corrected chi connectivity index (χ2v) is 2.67. The van der Waals surface area contributed by atoms with Crippen molar-refractivity contribution < 1.29 is 13.9 Å². The number of halogens is 1. The molecule has 12 heavy (non-hydrogen) atoms. The number of nitrogens with two attached hydrogens (primary N) is 2. The summed E-state index contributed by atoms with van der Waals surface area (Å²) in [7, 11) is 1.18. The van der Waals surface area contributed by atoms with E-state index in [9.17, 15) is 9.18 Å². The third kappa shape index (κ3) is 2.75. The zero-order chi connectivity index (χ0) is 9.61. The Balaban J connectivity index is 4.13. The number of carbonyl (C=O) groups is 1. The molecule has 0 aromatic carbocycles. The normalized spacial score (nSPS) is 15.3. The zero-order valence-corrected chi connectivity index (χ0v) is 7.18. The Labute approximate surface area is 71.0 Å². The van der Waals surface area contributed by atoms with E-state index in [1.165, 1.54) is 7.11 Å². The number of carbonyl (C=O) groups excluding carboxylic acids is 1. The van der Waals surface area contributed by atoms with Gasteiger partial charge in [-0.3, -0.25) is 0 Å². The second-order valence-electron chi connectivity index (χ2n) is 2.67. The van der Waals surface area contributed by atoms with Crippen LogP contribution in [0.4, 0.5) is 4.39 Å². The summed E-state index contributed by atoms with van der Waals surface area (Å²) in [5, 5.41) is 0. The largest absolute Gasteiger partial charge is 0.468 e. The van der Waals surface area contributed by atoms with Crippen molar-refractivity contribution >= 4 is 5.97 Å². The van der Waals surface area contributed by atoms with Gasteiger partial charge in [-0.15, -0.1) is 0 Å². The second kappa shape index (κ2) is 5.05. The average Bonchev–Trinajstić information content (AvgIpc) is 2.12. The molecule has 0 bridgehead atoms. The Morgan fingerprint density at radius 2 is 2.25 bits per heavy atom. The standard InChI is InChI=1S/C7H15FN2O2/c1-12-6(11)7(10,5-8)3-2-4-9/h2-5,9-10H2,1H3/t7-/m1/s1. The van der Waals surface area contributed by atoms with Crippen molar-refractivity contribution in [3.63, 3.8) is 0 Å². The Morgan fingerprint density at radius 3 is 2.58 bits per heavy atom. The Hall–Kier alpha value is -0.680. The molecule has 0 heterocycles. The average molecular weight is 178 g/mol.